The molecule has 0 radical (unpaired) electrons. The minimum atomic E-state index is 0.175. The average Bonchev–Trinajstić information content (AvgIpc) is 2.79. The molecule has 2 nitrogen and oxygen atoms in total. The summed E-state index contributed by atoms with van der Waals surface area (Å²) in [5.41, 5.74) is 3.33. The van der Waals surface area contributed by atoms with Crippen LogP contribution in [0.3, 0.4) is 0 Å². The lowest BCUT2D eigenvalue weighted by Crippen LogP contribution is -2.24. The lowest BCUT2D eigenvalue weighted by molar-refractivity contribution is -0.118. The first kappa shape index (κ1) is 23.9. The Morgan fingerprint density at radius 3 is 1.97 bits per heavy atom. The summed E-state index contributed by atoms with van der Waals surface area (Å²) in [5, 5.41) is 0. The molecule has 0 fully saturated rings. The number of anilines is 1. The van der Waals surface area contributed by atoms with Gasteiger partial charge in [-0.15, -0.1) is 0 Å². The average molecular weight is 406 g/mol. The first-order chi connectivity index (χ1) is 14.7. The summed E-state index contributed by atoms with van der Waals surface area (Å²) in [5.74, 6) is 0.175. The number of rotatable bonds is 14. The third-order valence-corrected chi connectivity index (χ3v) is 5.60. The maximum absolute atomic E-state index is 13.0. The number of carbonyl (C=O) groups is 1. The molecule has 0 N–H and O–H groups in total. The van der Waals surface area contributed by atoms with E-state index in [1.165, 1.54) is 50.5 Å². The largest absolute Gasteiger partial charge is 0.288 e. The zero-order valence-electron chi connectivity index (χ0n) is 19.0. The third-order valence-electron chi connectivity index (χ3n) is 5.60. The summed E-state index contributed by atoms with van der Waals surface area (Å²) in [7, 11) is 0. The number of benzene rings is 2. The number of nitrogens with zero attached hydrogens (tertiary/aromatic N) is 1. The topological polar surface area (TPSA) is 20.3 Å². The van der Waals surface area contributed by atoms with Gasteiger partial charge in [0.2, 0.25) is 5.91 Å². The van der Waals surface area contributed by atoms with Gasteiger partial charge in [-0.2, -0.15) is 0 Å². The zero-order valence-corrected chi connectivity index (χ0v) is 19.0. The molecule has 0 aromatic heterocycles. The van der Waals surface area contributed by atoms with Gasteiger partial charge >= 0.3 is 0 Å². The second kappa shape index (κ2) is 14.6. The molecular weight excluding hydrogens is 366 g/mol. The molecule has 0 unspecified atom stereocenters. The lowest BCUT2D eigenvalue weighted by atomic mass is 10.1. The highest BCUT2D eigenvalue weighted by molar-refractivity contribution is 5.96. The van der Waals surface area contributed by atoms with E-state index in [4.69, 9.17) is 0 Å². The van der Waals surface area contributed by atoms with Gasteiger partial charge in [-0.25, -0.2) is 0 Å². The van der Waals surface area contributed by atoms with Crippen molar-refractivity contribution in [2.45, 2.75) is 84.5 Å². The second-order valence-electron chi connectivity index (χ2n) is 8.09. The summed E-state index contributed by atoms with van der Waals surface area (Å²) in [6, 6.07) is 18.5. The van der Waals surface area contributed by atoms with Crippen LogP contribution in [0.4, 0.5) is 5.69 Å². The smallest absolute Gasteiger partial charge is 0.231 e. The van der Waals surface area contributed by atoms with Crippen molar-refractivity contribution in [3.63, 3.8) is 0 Å². The van der Waals surface area contributed by atoms with Gasteiger partial charge in [-0.05, 0) is 42.2 Å². The Bertz CT molecular complexity index is 733. The van der Waals surface area contributed by atoms with Crippen molar-refractivity contribution >= 4 is 17.7 Å². The van der Waals surface area contributed by atoms with Gasteiger partial charge in [0.05, 0.1) is 0 Å². The first-order valence-corrected chi connectivity index (χ1v) is 11.9. The molecule has 0 atom stereocenters. The van der Waals surface area contributed by atoms with Crippen LogP contribution in [-0.2, 0) is 11.2 Å². The van der Waals surface area contributed by atoms with Crippen molar-refractivity contribution in [2.75, 3.05) is 4.90 Å². The van der Waals surface area contributed by atoms with E-state index in [1.54, 1.807) is 0 Å². The fraction of sp³-hybridized carbons (Fsp3) is 0.464. The number of hydrogen-bond acceptors (Lipinski definition) is 1. The van der Waals surface area contributed by atoms with Crippen molar-refractivity contribution in [3.8, 4) is 0 Å². The highest BCUT2D eigenvalue weighted by Gasteiger charge is 2.13. The van der Waals surface area contributed by atoms with E-state index in [1.807, 2.05) is 35.4 Å². The van der Waals surface area contributed by atoms with Crippen molar-refractivity contribution in [1.82, 2.24) is 0 Å². The van der Waals surface area contributed by atoms with E-state index < -0.39 is 0 Å². The van der Waals surface area contributed by atoms with Crippen LogP contribution in [0.2, 0.25) is 0 Å². The molecule has 2 aromatic carbocycles. The van der Waals surface area contributed by atoms with E-state index in [2.05, 4.69) is 50.2 Å². The summed E-state index contributed by atoms with van der Waals surface area (Å²) >= 11 is 0. The van der Waals surface area contributed by atoms with Crippen LogP contribution in [0.1, 0.15) is 89.2 Å². The van der Waals surface area contributed by atoms with Gasteiger partial charge < -0.3 is 0 Å². The van der Waals surface area contributed by atoms with Gasteiger partial charge in [0.25, 0.3) is 0 Å². The number of unbranched alkanes of at least 4 members (excludes halogenated alkanes) is 8. The molecule has 162 valence electrons. The number of hydrogen-bond donors (Lipinski definition) is 0. The molecular formula is C28H39NO. The predicted octanol–water partition coefficient (Wildman–Crippen LogP) is 8.17. The van der Waals surface area contributed by atoms with Crippen LogP contribution in [-0.4, -0.2) is 5.91 Å². The third kappa shape index (κ3) is 8.98. The van der Waals surface area contributed by atoms with Gasteiger partial charge in [0.15, 0.2) is 0 Å². The Balaban J connectivity index is 1.88. The van der Waals surface area contributed by atoms with Gasteiger partial charge in [0.1, 0.15) is 0 Å². The fourth-order valence-corrected chi connectivity index (χ4v) is 3.64. The monoisotopic (exact) mass is 405 g/mol. The van der Waals surface area contributed by atoms with Crippen molar-refractivity contribution in [2.24, 2.45) is 0 Å². The summed E-state index contributed by atoms with van der Waals surface area (Å²) < 4.78 is 0. The maximum atomic E-state index is 13.0. The van der Waals surface area contributed by atoms with Gasteiger partial charge in [-0.3, -0.25) is 9.69 Å². The Hall–Kier alpha value is -2.35. The maximum Gasteiger partial charge on any atom is 0.231 e. The number of carbonyl (C=O) groups excluding carboxylic acids is 1. The minimum absolute atomic E-state index is 0.175. The highest BCUT2D eigenvalue weighted by Crippen LogP contribution is 2.20. The Morgan fingerprint density at radius 1 is 0.767 bits per heavy atom. The summed E-state index contributed by atoms with van der Waals surface area (Å²) in [6.07, 6.45) is 16.9. The molecule has 0 aliphatic carbocycles. The molecule has 2 heteroatoms. The van der Waals surface area contributed by atoms with Crippen LogP contribution in [0, 0.1) is 0 Å². The van der Waals surface area contributed by atoms with Crippen molar-refractivity contribution < 1.29 is 4.79 Å². The number of aryl methyl sites for hydroxylation is 1. The molecule has 2 rings (SSSR count). The molecule has 0 bridgehead atoms. The molecule has 0 aliphatic heterocycles. The highest BCUT2D eigenvalue weighted by atomic mass is 16.2. The first-order valence-electron chi connectivity index (χ1n) is 11.9. The molecule has 0 saturated heterocycles. The van der Waals surface area contributed by atoms with Gasteiger partial charge in [-0.1, -0.05) is 108 Å². The number of amides is 1. The standard InChI is InChI=1S/C28H39NO/c1-3-5-6-7-8-9-10-11-15-18-28(30)29(24-23-26-16-13-12-14-17-26)27-21-19-25(4-2)20-22-27/h12-14,16-17,19-24H,3-11,15,18H2,1-2H3/b24-23+. The molecule has 0 heterocycles. The van der Waals surface area contributed by atoms with Crippen molar-refractivity contribution in [3.05, 3.63) is 71.9 Å². The van der Waals surface area contributed by atoms with Crippen LogP contribution < -0.4 is 4.90 Å². The fourth-order valence-electron chi connectivity index (χ4n) is 3.64. The molecule has 2 aromatic rings. The van der Waals surface area contributed by atoms with E-state index >= 15 is 0 Å². The van der Waals surface area contributed by atoms with Gasteiger partial charge in [0, 0.05) is 18.3 Å². The van der Waals surface area contributed by atoms with Crippen molar-refractivity contribution in [1.29, 1.82) is 0 Å². The summed E-state index contributed by atoms with van der Waals surface area (Å²) in [6.45, 7) is 4.41. The quantitative estimate of drug-likeness (QED) is 0.290. The van der Waals surface area contributed by atoms with Crippen LogP contribution in [0.25, 0.3) is 6.08 Å². The molecule has 1 amide bonds. The van der Waals surface area contributed by atoms with E-state index in [0.717, 1.165) is 30.5 Å². The molecule has 0 saturated carbocycles. The Kier molecular flexibility index (Phi) is 11.6. The summed E-state index contributed by atoms with van der Waals surface area (Å²) in [4.78, 5) is 14.8. The van der Waals surface area contributed by atoms with Crippen LogP contribution >= 0.6 is 0 Å². The van der Waals surface area contributed by atoms with E-state index in [9.17, 15) is 4.79 Å². The SMILES string of the molecule is CCCCCCCCCCCC(=O)N(/C=C/c1ccccc1)c1ccc(CC)cc1. The van der Waals surface area contributed by atoms with Crippen LogP contribution in [0.15, 0.2) is 60.8 Å². The van der Waals surface area contributed by atoms with E-state index in [-0.39, 0.29) is 5.91 Å². The zero-order chi connectivity index (χ0) is 21.4. The van der Waals surface area contributed by atoms with Crippen LogP contribution in [0.5, 0.6) is 0 Å². The second-order valence-corrected chi connectivity index (χ2v) is 8.09. The van der Waals surface area contributed by atoms with E-state index in [0.29, 0.717) is 6.42 Å². The Labute approximate surface area is 184 Å². The Morgan fingerprint density at radius 2 is 1.37 bits per heavy atom. The minimum Gasteiger partial charge on any atom is -0.288 e. The molecule has 0 aliphatic rings. The molecule has 30 heavy (non-hydrogen) atoms. The lowest BCUT2D eigenvalue weighted by Gasteiger charge is -2.19. The predicted molar refractivity (Wildman–Crippen MR) is 131 cm³/mol. The normalized spacial score (nSPS) is 11.1. The molecule has 0 spiro atoms.